The normalized spacial score (nSPS) is 18.3. The molecule has 2 rings (SSSR count). The molecular weight excluding hydrogens is 296 g/mol. The molecule has 1 atom stereocenters. The van der Waals surface area contributed by atoms with Crippen molar-refractivity contribution in [2.75, 3.05) is 33.3 Å². The molecule has 1 amide bonds. The summed E-state index contributed by atoms with van der Waals surface area (Å²) in [4.78, 5) is 28.0. The lowest BCUT2D eigenvalue weighted by atomic mass is 9.98. The number of hydrogen-bond acceptors (Lipinski definition) is 5. The first-order valence-electron chi connectivity index (χ1n) is 8.10. The zero-order valence-corrected chi connectivity index (χ0v) is 14.2. The van der Waals surface area contributed by atoms with Crippen molar-refractivity contribution in [3.05, 3.63) is 18.0 Å². The Morgan fingerprint density at radius 2 is 2.26 bits per heavy atom. The van der Waals surface area contributed by atoms with Crippen LogP contribution in [0.25, 0.3) is 0 Å². The van der Waals surface area contributed by atoms with Gasteiger partial charge in [-0.15, -0.1) is 0 Å². The van der Waals surface area contributed by atoms with E-state index in [0.717, 1.165) is 24.9 Å². The van der Waals surface area contributed by atoms with Gasteiger partial charge in [0.05, 0.1) is 25.3 Å². The molecule has 1 aliphatic rings. The number of carbonyl (C=O) groups is 2. The van der Waals surface area contributed by atoms with Crippen LogP contribution in [-0.4, -0.2) is 64.7 Å². The molecule has 1 unspecified atom stereocenters. The van der Waals surface area contributed by atoms with Crippen LogP contribution in [0.1, 0.15) is 25.3 Å². The minimum atomic E-state index is -0.186. The number of aromatic nitrogens is 2. The third-order valence-electron chi connectivity index (χ3n) is 4.01. The molecule has 0 aliphatic carbocycles. The molecule has 7 nitrogen and oxygen atoms in total. The smallest absolute Gasteiger partial charge is 0.310 e. The summed E-state index contributed by atoms with van der Waals surface area (Å²) in [5.74, 6) is -0.310. The van der Waals surface area contributed by atoms with E-state index in [9.17, 15) is 9.59 Å². The first-order valence-corrected chi connectivity index (χ1v) is 8.10. The molecule has 0 bridgehead atoms. The Morgan fingerprint density at radius 1 is 1.48 bits per heavy atom. The number of likely N-dealkylation sites (tertiary alicyclic amines) is 1. The van der Waals surface area contributed by atoms with E-state index in [1.54, 1.807) is 22.7 Å². The van der Waals surface area contributed by atoms with E-state index in [0.29, 0.717) is 26.2 Å². The lowest BCUT2D eigenvalue weighted by Gasteiger charge is -2.32. The topological polar surface area (TPSA) is 67.7 Å². The number of likely N-dealkylation sites (N-methyl/N-ethyl adjacent to an activating group) is 1. The predicted octanol–water partition coefficient (Wildman–Crippen LogP) is 0.654. The molecule has 128 valence electrons. The molecule has 0 N–H and O–H groups in total. The second-order valence-corrected chi connectivity index (χ2v) is 6.13. The number of ether oxygens (including phenoxy) is 1. The Labute approximate surface area is 137 Å². The second kappa shape index (κ2) is 8.10. The molecule has 7 heteroatoms. The average molecular weight is 322 g/mol. The number of rotatable bonds is 6. The molecule has 2 heterocycles. The van der Waals surface area contributed by atoms with Crippen molar-refractivity contribution < 1.29 is 14.3 Å². The maximum absolute atomic E-state index is 12.4. The van der Waals surface area contributed by atoms with Crippen LogP contribution in [0.4, 0.5) is 0 Å². The van der Waals surface area contributed by atoms with Crippen LogP contribution in [0.3, 0.4) is 0 Å². The predicted molar refractivity (Wildman–Crippen MR) is 85.5 cm³/mol. The molecule has 1 aromatic rings. The Hall–Kier alpha value is -1.89. The highest BCUT2D eigenvalue weighted by molar-refractivity contribution is 5.80. The van der Waals surface area contributed by atoms with Gasteiger partial charge >= 0.3 is 5.97 Å². The Bertz CT molecular complexity index is 543. The molecule has 1 aliphatic heterocycles. The first-order chi connectivity index (χ1) is 11.0. The summed E-state index contributed by atoms with van der Waals surface area (Å²) in [5.41, 5.74) is 1.07. The van der Waals surface area contributed by atoms with Gasteiger partial charge in [0.25, 0.3) is 0 Å². The van der Waals surface area contributed by atoms with Gasteiger partial charge in [-0.3, -0.25) is 19.2 Å². The van der Waals surface area contributed by atoms with E-state index >= 15 is 0 Å². The molecule has 0 saturated carbocycles. The molecule has 1 saturated heterocycles. The van der Waals surface area contributed by atoms with Crippen molar-refractivity contribution in [2.45, 2.75) is 26.3 Å². The number of piperidine rings is 1. The van der Waals surface area contributed by atoms with Crippen LogP contribution in [0.5, 0.6) is 0 Å². The van der Waals surface area contributed by atoms with Crippen molar-refractivity contribution in [3.63, 3.8) is 0 Å². The van der Waals surface area contributed by atoms with Crippen LogP contribution >= 0.6 is 0 Å². The first kappa shape index (κ1) is 17.5. The summed E-state index contributed by atoms with van der Waals surface area (Å²) < 4.78 is 6.82. The van der Waals surface area contributed by atoms with Crippen LogP contribution < -0.4 is 0 Å². The van der Waals surface area contributed by atoms with E-state index < -0.39 is 0 Å². The minimum Gasteiger partial charge on any atom is -0.466 e. The minimum absolute atomic E-state index is 0.0605. The van der Waals surface area contributed by atoms with Crippen LogP contribution in [0.15, 0.2) is 12.4 Å². The zero-order valence-electron chi connectivity index (χ0n) is 14.2. The highest BCUT2D eigenvalue weighted by Crippen LogP contribution is 2.18. The number of nitrogens with zero attached hydrogens (tertiary/aromatic N) is 4. The number of hydrogen-bond donors (Lipinski definition) is 0. The molecule has 23 heavy (non-hydrogen) atoms. The summed E-state index contributed by atoms with van der Waals surface area (Å²) in [7, 11) is 3.79. The summed E-state index contributed by atoms with van der Waals surface area (Å²) >= 11 is 0. The summed E-state index contributed by atoms with van der Waals surface area (Å²) in [5, 5.41) is 4.13. The van der Waals surface area contributed by atoms with Crippen LogP contribution in [0.2, 0.25) is 0 Å². The van der Waals surface area contributed by atoms with E-state index in [2.05, 4.69) is 5.10 Å². The lowest BCUT2D eigenvalue weighted by Crippen LogP contribution is -2.46. The van der Waals surface area contributed by atoms with Gasteiger partial charge in [-0.05, 0) is 26.8 Å². The monoisotopic (exact) mass is 322 g/mol. The molecule has 0 aromatic carbocycles. The third kappa shape index (κ3) is 5.06. The number of esters is 1. The van der Waals surface area contributed by atoms with Crippen molar-refractivity contribution in [3.8, 4) is 0 Å². The van der Waals surface area contributed by atoms with Gasteiger partial charge in [-0.25, -0.2) is 0 Å². The van der Waals surface area contributed by atoms with E-state index in [-0.39, 0.29) is 17.8 Å². The fourth-order valence-corrected chi connectivity index (χ4v) is 2.91. The number of aryl methyl sites for hydroxylation is 1. The van der Waals surface area contributed by atoms with Crippen molar-refractivity contribution in [2.24, 2.45) is 13.0 Å². The third-order valence-corrected chi connectivity index (χ3v) is 4.01. The zero-order chi connectivity index (χ0) is 16.8. The lowest BCUT2D eigenvalue weighted by molar-refractivity contribution is -0.151. The fraction of sp³-hybridized carbons (Fsp3) is 0.688. The molecule has 0 radical (unpaired) electrons. The summed E-state index contributed by atoms with van der Waals surface area (Å²) in [6, 6.07) is 0. The number of amides is 1. The average Bonchev–Trinajstić information content (AvgIpc) is 2.92. The van der Waals surface area contributed by atoms with Gasteiger partial charge in [0.15, 0.2) is 0 Å². The van der Waals surface area contributed by atoms with Crippen LogP contribution in [-0.2, 0) is 27.9 Å². The van der Waals surface area contributed by atoms with Gasteiger partial charge in [0, 0.05) is 38.4 Å². The van der Waals surface area contributed by atoms with Gasteiger partial charge < -0.3 is 9.64 Å². The van der Waals surface area contributed by atoms with Crippen molar-refractivity contribution in [1.29, 1.82) is 0 Å². The quantitative estimate of drug-likeness (QED) is 0.720. The standard InChI is InChI=1S/C16H26N4O3/c1-4-23-16(22)14-6-5-7-20(11-14)15(21)12-18(2)9-13-8-17-19(3)10-13/h8,10,14H,4-7,9,11-12H2,1-3H3. The Morgan fingerprint density at radius 3 is 2.91 bits per heavy atom. The maximum atomic E-state index is 12.4. The number of carbonyl (C=O) groups excluding carboxylic acids is 2. The van der Waals surface area contributed by atoms with Crippen LogP contribution in [0, 0.1) is 5.92 Å². The second-order valence-electron chi connectivity index (χ2n) is 6.13. The highest BCUT2D eigenvalue weighted by atomic mass is 16.5. The maximum Gasteiger partial charge on any atom is 0.310 e. The van der Waals surface area contributed by atoms with Gasteiger partial charge in [0.1, 0.15) is 0 Å². The highest BCUT2D eigenvalue weighted by Gasteiger charge is 2.29. The Balaban J connectivity index is 1.83. The molecule has 1 fully saturated rings. The molecule has 0 spiro atoms. The summed E-state index contributed by atoms with van der Waals surface area (Å²) in [6.07, 6.45) is 5.40. The van der Waals surface area contributed by atoms with Gasteiger partial charge in [-0.1, -0.05) is 0 Å². The van der Waals surface area contributed by atoms with E-state index in [4.69, 9.17) is 4.74 Å². The van der Waals surface area contributed by atoms with Gasteiger partial charge in [-0.2, -0.15) is 5.10 Å². The van der Waals surface area contributed by atoms with E-state index in [1.807, 2.05) is 25.2 Å². The molecular formula is C16H26N4O3. The summed E-state index contributed by atoms with van der Waals surface area (Å²) in [6.45, 7) is 4.39. The van der Waals surface area contributed by atoms with Crippen molar-refractivity contribution >= 4 is 11.9 Å². The van der Waals surface area contributed by atoms with Gasteiger partial charge in [0.2, 0.25) is 5.91 Å². The van der Waals surface area contributed by atoms with Crippen molar-refractivity contribution in [1.82, 2.24) is 19.6 Å². The van der Waals surface area contributed by atoms with E-state index in [1.165, 1.54) is 0 Å². The Kier molecular flexibility index (Phi) is 6.15. The molecule has 1 aromatic heterocycles. The fourth-order valence-electron chi connectivity index (χ4n) is 2.91. The largest absolute Gasteiger partial charge is 0.466 e. The SMILES string of the molecule is CCOC(=O)C1CCCN(C(=O)CN(C)Cc2cnn(C)c2)C1.